The lowest BCUT2D eigenvalue weighted by Gasteiger charge is -2.24. The Balaban J connectivity index is 2.27. The number of allylic oxidation sites excluding steroid dienone is 1. The first kappa shape index (κ1) is 25.6. The van der Waals surface area contributed by atoms with Crippen LogP contribution in [0.3, 0.4) is 0 Å². The lowest BCUT2D eigenvalue weighted by Crippen LogP contribution is -2.40. The SMILES string of the molecule is CC(C)(C)OC(=O)N(CCCCCCC/C=C/c1ccc(Br)c([N+](=O)[O-])c1)C(=O)O. The molecule has 0 radical (unpaired) electrons. The molecule has 166 valence electrons. The quantitative estimate of drug-likeness (QED) is 0.226. The van der Waals surface area contributed by atoms with Gasteiger partial charge in [0.25, 0.3) is 5.69 Å². The van der Waals surface area contributed by atoms with E-state index in [1.54, 1.807) is 26.8 Å². The van der Waals surface area contributed by atoms with E-state index < -0.39 is 22.7 Å². The molecule has 1 aromatic rings. The maximum atomic E-state index is 11.9. The molecule has 0 saturated heterocycles. The second kappa shape index (κ2) is 12.3. The molecule has 1 N–H and O–H groups in total. The van der Waals surface area contributed by atoms with Gasteiger partial charge in [-0.3, -0.25) is 10.1 Å². The number of nitro benzene ring substituents is 1. The summed E-state index contributed by atoms with van der Waals surface area (Å²) in [7, 11) is 0. The number of carbonyl (C=O) groups is 2. The molecule has 0 spiro atoms. The van der Waals surface area contributed by atoms with Crippen LogP contribution in [0.5, 0.6) is 0 Å². The van der Waals surface area contributed by atoms with E-state index in [2.05, 4.69) is 15.9 Å². The van der Waals surface area contributed by atoms with E-state index in [1.165, 1.54) is 6.07 Å². The van der Waals surface area contributed by atoms with Crippen LogP contribution >= 0.6 is 15.9 Å². The Hall–Kier alpha value is -2.42. The number of imide groups is 1. The van der Waals surface area contributed by atoms with Gasteiger partial charge >= 0.3 is 12.2 Å². The zero-order valence-electron chi connectivity index (χ0n) is 17.6. The summed E-state index contributed by atoms with van der Waals surface area (Å²) < 4.78 is 5.56. The van der Waals surface area contributed by atoms with Crippen molar-refractivity contribution in [1.82, 2.24) is 4.90 Å². The van der Waals surface area contributed by atoms with Crippen LogP contribution in [0.15, 0.2) is 28.7 Å². The van der Waals surface area contributed by atoms with Crippen LogP contribution in [-0.2, 0) is 4.74 Å². The zero-order chi connectivity index (χ0) is 22.7. The van der Waals surface area contributed by atoms with Gasteiger partial charge in [-0.05, 0) is 67.6 Å². The first-order valence-electron chi connectivity index (χ1n) is 9.85. The average molecular weight is 485 g/mol. The molecule has 0 aliphatic heterocycles. The highest BCUT2D eigenvalue weighted by molar-refractivity contribution is 9.10. The summed E-state index contributed by atoms with van der Waals surface area (Å²) >= 11 is 3.16. The number of halogens is 1. The summed E-state index contributed by atoms with van der Waals surface area (Å²) in [6, 6.07) is 5.00. The molecule has 0 aliphatic rings. The van der Waals surface area contributed by atoms with E-state index in [-0.39, 0.29) is 12.2 Å². The number of benzene rings is 1. The molecule has 9 heteroatoms. The van der Waals surface area contributed by atoms with E-state index in [0.29, 0.717) is 15.8 Å². The molecule has 0 saturated carbocycles. The van der Waals surface area contributed by atoms with Crippen molar-refractivity contribution in [2.24, 2.45) is 0 Å². The molecule has 0 aliphatic carbocycles. The molecule has 0 atom stereocenters. The number of carboxylic acid groups (broad SMARTS) is 1. The minimum absolute atomic E-state index is 0.0407. The van der Waals surface area contributed by atoms with Crippen LogP contribution in [0.1, 0.15) is 64.9 Å². The molecule has 0 unspecified atom stereocenters. The van der Waals surface area contributed by atoms with E-state index in [1.807, 2.05) is 18.2 Å². The molecular weight excluding hydrogens is 456 g/mol. The van der Waals surface area contributed by atoms with Gasteiger partial charge in [0.15, 0.2) is 0 Å². The van der Waals surface area contributed by atoms with Crippen LogP contribution in [0.25, 0.3) is 6.08 Å². The predicted octanol–water partition coefficient (Wildman–Crippen LogP) is 6.63. The van der Waals surface area contributed by atoms with Crippen molar-refractivity contribution in [3.8, 4) is 0 Å². The molecule has 1 aromatic carbocycles. The molecule has 0 heterocycles. The Morgan fingerprint density at radius 2 is 1.83 bits per heavy atom. The van der Waals surface area contributed by atoms with Crippen molar-refractivity contribution in [2.75, 3.05) is 6.54 Å². The number of nitro groups is 1. The van der Waals surface area contributed by atoms with Gasteiger partial charge in [0.05, 0.1) is 9.40 Å². The topological polar surface area (TPSA) is 110 Å². The van der Waals surface area contributed by atoms with Crippen molar-refractivity contribution in [2.45, 2.75) is 64.9 Å². The lowest BCUT2D eigenvalue weighted by atomic mass is 10.1. The van der Waals surface area contributed by atoms with Crippen molar-refractivity contribution in [3.63, 3.8) is 0 Å². The first-order chi connectivity index (χ1) is 14.0. The fourth-order valence-corrected chi connectivity index (χ4v) is 3.03. The average Bonchev–Trinajstić information content (AvgIpc) is 2.62. The molecule has 1 rings (SSSR count). The first-order valence-corrected chi connectivity index (χ1v) is 10.6. The Kier molecular flexibility index (Phi) is 10.5. The van der Waals surface area contributed by atoms with Crippen molar-refractivity contribution < 1.29 is 24.4 Å². The summed E-state index contributed by atoms with van der Waals surface area (Å²) in [6.45, 7) is 5.19. The second-order valence-corrected chi connectivity index (χ2v) is 8.70. The largest absolute Gasteiger partial charge is 0.465 e. The summed E-state index contributed by atoms with van der Waals surface area (Å²) in [6.07, 6.45) is 6.83. The molecule has 0 bridgehead atoms. The number of rotatable bonds is 10. The van der Waals surface area contributed by atoms with Crippen LogP contribution in [0.4, 0.5) is 15.3 Å². The van der Waals surface area contributed by atoms with Crippen LogP contribution in [-0.4, -0.2) is 39.3 Å². The molecule has 0 fully saturated rings. The van der Waals surface area contributed by atoms with Crippen LogP contribution in [0, 0.1) is 10.1 Å². The van der Waals surface area contributed by atoms with Gasteiger partial charge in [-0.25, -0.2) is 14.5 Å². The Labute approximate surface area is 185 Å². The maximum Gasteiger partial charge on any atom is 0.419 e. The highest BCUT2D eigenvalue weighted by atomic mass is 79.9. The number of unbranched alkanes of at least 4 members (excludes halogenated alkanes) is 5. The number of carbonyl (C=O) groups excluding carboxylic acids is 1. The second-order valence-electron chi connectivity index (χ2n) is 7.84. The third kappa shape index (κ3) is 9.87. The van der Waals surface area contributed by atoms with Crippen LogP contribution in [0.2, 0.25) is 0 Å². The van der Waals surface area contributed by atoms with E-state index in [4.69, 9.17) is 4.74 Å². The molecule has 0 aromatic heterocycles. The van der Waals surface area contributed by atoms with Gasteiger partial charge in [0.1, 0.15) is 5.60 Å². The summed E-state index contributed by atoms with van der Waals surface area (Å²) in [4.78, 5) is 34.4. The Morgan fingerprint density at radius 3 is 2.43 bits per heavy atom. The third-order valence-corrected chi connectivity index (χ3v) is 4.75. The van der Waals surface area contributed by atoms with E-state index in [0.717, 1.165) is 37.7 Å². The van der Waals surface area contributed by atoms with Crippen molar-refractivity contribution in [1.29, 1.82) is 0 Å². The minimum atomic E-state index is -1.30. The van der Waals surface area contributed by atoms with E-state index >= 15 is 0 Å². The van der Waals surface area contributed by atoms with Crippen molar-refractivity contribution >= 4 is 39.9 Å². The normalized spacial score (nSPS) is 11.5. The number of hydrogen-bond acceptors (Lipinski definition) is 5. The number of amides is 2. The lowest BCUT2D eigenvalue weighted by molar-refractivity contribution is -0.385. The third-order valence-electron chi connectivity index (χ3n) is 4.07. The highest BCUT2D eigenvalue weighted by Crippen LogP contribution is 2.26. The van der Waals surface area contributed by atoms with Gasteiger partial charge in [-0.2, -0.15) is 0 Å². The van der Waals surface area contributed by atoms with Crippen LogP contribution < -0.4 is 0 Å². The number of ether oxygens (including phenoxy) is 1. The standard InChI is InChI=1S/C21H29BrN2O6/c1-21(2,3)30-20(27)23(19(25)26)14-10-8-6-4-5-7-9-11-16-12-13-17(22)18(15-16)24(28)29/h9,11-13,15H,4-8,10,14H2,1-3H3,(H,25,26)/b11-9+. The Bertz CT molecular complexity index is 773. The number of hydrogen-bond donors (Lipinski definition) is 1. The summed E-state index contributed by atoms with van der Waals surface area (Å²) in [5, 5.41) is 20.1. The maximum absolute atomic E-state index is 11.9. The Morgan fingerprint density at radius 1 is 1.20 bits per heavy atom. The van der Waals surface area contributed by atoms with E-state index in [9.17, 15) is 24.8 Å². The van der Waals surface area contributed by atoms with Gasteiger partial charge in [-0.15, -0.1) is 0 Å². The molecule has 2 amide bonds. The van der Waals surface area contributed by atoms with Crippen molar-refractivity contribution in [3.05, 3.63) is 44.4 Å². The molecule has 30 heavy (non-hydrogen) atoms. The number of nitrogens with zero attached hydrogens (tertiary/aromatic N) is 2. The summed E-state index contributed by atoms with van der Waals surface area (Å²) in [5.74, 6) is 0. The smallest absolute Gasteiger partial charge is 0.419 e. The zero-order valence-corrected chi connectivity index (χ0v) is 19.2. The van der Waals surface area contributed by atoms with Gasteiger partial charge in [0, 0.05) is 12.6 Å². The van der Waals surface area contributed by atoms with Gasteiger partial charge in [-0.1, -0.05) is 37.5 Å². The predicted molar refractivity (Wildman–Crippen MR) is 118 cm³/mol. The highest BCUT2D eigenvalue weighted by Gasteiger charge is 2.26. The monoisotopic (exact) mass is 484 g/mol. The summed E-state index contributed by atoms with van der Waals surface area (Å²) in [5.41, 5.74) is 0.0826. The fraction of sp³-hybridized carbons (Fsp3) is 0.524. The fourth-order valence-electron chi connectivity index (χ4n) is 2.64. The van der Waals surface area contributed by atoms with Gasteiger partial charge < -0.3 is 9.84 Å². The molecule has 8 nitrogen and oxygen atoms in total. The minimum Gasteiger partial charge on any atom is -0.465 e. The van der Waals surface area contributed by atoms with Gasteiger partial charge in [0.2, 0.25) is 0 Å². The molecular formula is C21H29BrN2O6.